The molecule has 0 aromatic carbocycles. The van der Waals surface area contributed by atoms with E-state index >= 15 is 0 Å². The van der Waals surface area contributed by atoms with Crippen molar-refractivity contribution in [1.29, 1.82) is 0 Å². The largest absolute Gasteiger partial charge is 0.336 e. The lowest BCUT2D eigenvalue weighted by atomic mass is 10.2. The van der Waals surface area contributed by atoms with Gasteiger partial charge in [0.25, 0.3) is 0 Å². The van der Waals surface area contributed by atoms with Crippen molar-refractivity contribution in [2.45, 2.75) is 19.4 Å². The van der Waals surface area contributed by atoms with E-state index in [1.165, 1.54) is 4.88 Å². The maximum absolute atomic E-state index is 12.3. The molecule has 108 valence electrons. The van der Waals surface area contributed by atoms with Crippen molar-refractivity contribution in [2.75, 3.05) is 32.7 Å². The first-order valence-corrected chi connectivity index (χ1v) is 7.87. The van der Waals surface area contributed by atoms with Gasteiger partial charge in [0.1, 0.15) is 0 Å². The van der Waals surface area contributed by atoms with Crippen LogP contribution >= 0.6 is 11.3 Å². The molecule has 2 fully saturated rings. The van der Waals surface area contributed by atoms with Gasteiger partial charge in [-0.15, -0.1) is 11.3 Å². The highest BCUT2D eigenvalue weighted by Gasteiger charge is 2.35. The van der Waals surface area contributed by atoms with Crippen molar-refractivity contribution in [1.82, 2.24) is 15.1 Å². The number of nitrogens with zero attached hydrogens (tertiary/aromatic N) is 2. The Hall–Kier alpha value is -1.40. The number of ketones is 1. The molecule has 6 heteroatoms. The Morgan fingerprint density at radius 3 is 3.05 bits per heavy atom. The summed E-state index contributed by atoms with van der Waals surface area (Å²) in [6.45, 7) is 5.54. The Morgan fingerprint density at radius 1 is 1.45 bits per heavy atom. The number of rotatable bonds is 4. The van der Waals surface area contributed by atoms with Crippen molar-refractivity contribution in [3.63, 3.8) is 0 Å². The molecule has 0 bridgehead atoms. The Kier molecular flexibility index (Phi) is 3.76. The Labute approximate surface area is 122 Å². The molecule has 2 aliphatic heterocycles. The molecule has 0 aliphatic carbocycles. The monoisotopic (exact) mass is 293 g/mol. The molecule has 1 aromatic heterocycles. The van der Waals surface area contributed by atoms with Crippen LogP contribution in [0.25, 0.3) is 0 Å². The second kappa shape index (κ2) is 5.54. The van der Waals surface area contributed by atoms with Crippen molar-refractivity contribution < 1.29 is 9.59 Å². The lowest BCUT2D eigenvalue weighted by molar-refractivity contribution is 0.0842. The second-order valence-electron chi connectivity index (χ2n) is 5.31. The molecule has 3 rings (SSSR count). The van der Waals surface area contributed by atoms with Crippen LogP contribution < -0.4 is 5.32 Å². The lowest BCUT2D eigenvalue weighted by Crippen LogP contribution is -2.53. The van der Waals surface area contributed by atoms with Gasteiger partial charge in [-0.2, -0.15) is 0 Å². The molecular formula is C14H19N3O2S. The molecule has 1 N–H and O–H groups in total. The number of hydrogen-bond acceptors (Lipinski definition) is 4. The van der Waals surface area contributed by atoms with E-state index < -0.39 is 0 Å². The highest BCUT2D eigenvalue weighted by Crippen LogP contribution is 2.19. The first kappa shape index (κ1) is 13.6. The zero-order valence-corrected chi connectivity index (χ0v) is 12.4. The summed E-state index contributed by atoms with van der Waals surface area (Å²) in [6.07, 6.45) is 0.979. The molecule has 1 unspecified atom stereocenters. The number of urea groups is 1. The van der Waals surface area contributed by atoms with Crippen LogP contribution in [-0.4, -0.2) is 60.4 Å². The molecule has 1 atom stereocenters. The Bertz CT molecular complexity index is 528. The fraction of sp³-hybridized carbons (Fsp3) is 0.571. The summed E-state index contributed by atoms with van der Waals surface area (Å²) < 4.78 is 0. The van der Waals surface area contributed by atoms with E-state index in [0.717, 1.165) is 24.4 Å². The van der Waals surface area contributed by atoms with Crippen LogP contribution in [0.15, 0.2) is 12.1 Å². The molecule has 0 radical (unpaired) electrons. The van der Waals surface area contributed by atoms with Gasteiger partial charge >= 0.3 is 6.03 Å². The van der Waals surface area contributed by atoms with Gasteiger partial charge in [0.15, 0.2) is 5.78 Å². The van der Waals surface area contributed by atoms with E-state index in [-0.39, 0.29) is 17.9 Å². The summed E-state index contributed by atoms with van der Waals surface area (Å²) in [4.78, 5) is 29.9. The van der Waals surface area contributed by atoms with Gasteiger partial charge in [0.05, 0.1) is 17.5 Å². The zero-order valence-electron chi connectivity index (χ0n) is 11.6. The van der Waals surface area contributed by atoms with Gasteiger partial charge < -0.3 is 10.2 Å². The van der Waals surface area contributed by atoms with E-state index in [9.17, 15) is 9.59 Å². The fourth-order valence-electron chi connectivity index (χ4n) is 2.81. The molecule has 0 spiro atoms. The third-order valence-electron chi connectivity index (χ3n) is 3.97. The predicted molar refractivity (Wildman–Crippen MR) is 78.4 cm³/mol. The van der Waals surface area contributed by atoms with E-state index in [4.69, 9.17) is 0 Å². The van der Waals surface area contributed by atoms with Crippen molar-refractivity contribution in [3.8, 4) is 0 Å². The van der Waals surface area contributed by atoms with Gasteiger partial charge in [0, 0.05) is 31.1 Å². The average Bonchev–Trinajstić information content (AvgIpc) is 3.06. The maximum Gasteiger partial charge on any atom is 0.317 e. The fourth-order valence-corrected chi connectivity index (χ4v) is 3.69. The van der Waals surface area contributed by atoms with Crippen LogP contribution in [0.1, 0.15) is 21.5 Å². The van der Waals surface area contributed by atoms with Crippen LogP contribution in [0.5, 0.6) is 0 Å². The predicted octanol–water partition coefficient (Wildman–Crippen LogP) is 1.20. The summed E-state index contributed by atoms with van der Waals surface area (Å²) in [6, 6.07) is 4.23. The summed E-state index contributed by atoms with van der Waals surface area (Å²) >= 11 is 1.60. The van der Waals surface area contributed by atoms with Gasteiger partial charge in [-0.05, 0) is 18.6 Å². The van der Waals surface area contributed by atoms with Crippen LogP contribution in [0.4, 0.5) is 4.79 Å². The number of carbonyl (C=O) groups excluding carboxylic acids is 2. The molecule has 2 aliphatic rings. The number of nitrogens with one attached hydrogen (secondary N) is 1. The van der Waals surface area contributed by atoms with Crippen LogP contribution in [0, 0.1) is 0 Å². The topological polar surface area (TPSA) is 52.7 Å². The quantitative estimate of drug-likeness (QED) is 0.849. The van der Waals surface area contributed by atoms with Crippen LogP contribution in [0.3, 0.4) is 0 Å². The van der Waals surface area contributed by atoms with Crippen LogP contribution in [0.2, 0.25) is 0 Å². The highest BCUT2D eigenvalue weighted by atomic mass is 32.1. The molecule has 20 heavy (non-hydrogen) atoms. The first-order chi connectivity index (χ1) is 9.67. The van der Waals surface area contributed by atoms with Gasteiger partial charge in [-0.25, -0.2) is 4.79 Å². The Balaban J connectivity index is 1.58. The molecule has 1 aromatic rings. The van der Waals surface area contributed by atoms with E-state index in [1.54, 1.807) is 11.3 Å². The minimum absolute atomic E-state index is 0.0341. The molecule has 5 nitrogen and oxygen atoms in total. The number of Topliss-reactive ketones (excluding diaryl/α,β-unsaturated/α-hetero) is 1. The standard InChI is InChI=1S/C14H19N3O2S/c1-2-11-3-4-13(20-11)12(18)9-16-5-6-17-10(8-16)7-15-14(17)19/h3-4,10H,2,5-9H2,1H3,(H,15,19). The van der Waals surface area contributed by atoms with E-state index in [2.05, 4.69) is 17.1 Å². The number of fused-ring (bicyclic) bond motifs is 1. The van der Waals surface area contributed by atoms with Crippen molar-refractivity contribution >= 4 is 23.2 Å². The van der Waals surface area contributed by atoms with E-state index in [0.29, 0.717) is 19.6 Å². The third kappa shape index (κ3) is 2.58. The number of piperazine rings is 1. The second-order valence-corrected chi connectivity index (χ2v) is 6.48. The first-order valence-electron chi connectivity index (χ1n) is 7.06. The number of thiophene rings is 1. The van der Waals surface area contributed by atoms with Gasteiger partial charge in [-0.1, -0.05) is 6.92 Å². The number of carbonyl (C=O) groups is 2. The Morgan fingerprint density at radius 2 is 2.30 bits per heavy atom. The highest BCUT2D eigenvalue weighted by molar-refractivity contribution is 7.14. The molecule has 0 saturated carbocycles. The lowest BCUT2D eigenvalue weighted by Gasteiger charge is -2.35. The van der Waals surface area contributed by atoms with Gasteiger partial charge in [-0.3, -0.25) is 9.69 Å². The maximum atomic E-state index is 12.3. The van der Waals surface area contributed by atoms with Gasteiger partial charge in [0.2, 0.25) is 0 Å². The molecule has 2 saturated heterocycles. The summed E-state index contributed by atoms with van der Waals surface area (Å²) in [7, 11) is 0. The number of hydrogen-bond donors (Lipinski definition) is 1. The number of aryl methyl sites for hydroxylation is 1. The smallest absolute Gasteiger partial charge is 0.317 e. The summed E-state index contributed by atoms with van der Waals surface area (Å²) in [5.74, 6) is 0.195. The molecule has 3 heterocycles. The molecular weight excluding hydrogens is 274 g/mol. The van der Waals surface area contributed by atoms with Crippen LogP contribution in [-0.2, 0) is 6.42 Å². The average molecular weight is 293 g/mol. The van der Waals surface area contributed by atoms with Crippen molar-refractivity contribution in [3.05, 3.63) is 21.9 Å². The SMILES string of the molecule is CCc1ccc(C(=O)CN2CCN3C(=O)NCC3C2)s1. The molecule has 2 amide bonds. The summed E-state index contributed by atoms with van der Waals surface area (Å²) in [5.41, 5.74) is 0. The van der Waals surface area contributed by atoms with Crippen molar-refractivity contribution in [2.24, 2.45) is 0 Å². The zero-order chi connectivity index (χ0) is 14.1. The minimum atomic E-state index is 0.0341. The minimum Gasteiger partial charge on any atom is -0.336 e. The van der Waals surface area contributed by atoms with E-state index in [1.807, 2.05) is 17.0 Å². The number of amides is 2. The normalized spacial score (nSPS) is 22.8. The summed E-state index contributed by atoms with van der Waals surface area (Å²) in [5, 5.41) is 2.86. The third-order valence-corrected chi connectivity index (χ3v) is 5.24.